The predicted octanol–water partition coefficient (Wildman–Crippen LogP) is 11.9. The molecule has 324 valence electrons. The van der Waals surface area contributed by atoms with Gasteiger partial charge in [-0.25, -0.2) is 0 Å². The van der Waals surface area contributed by atoms with Gasteiger partial charge in [0.05, 0.1) is 29.4 Å². The van der Waals surface area contributed by atoms with Crippen molar-refractivity contribution in [2.75, 3.05) is 0 Å². The molecule has 5 aromatic carbocycles. The van der Waals surface area contributed by atoms with Crippen LogP contribution in [0.4, 0.5) is 0 Å². The van der Waals surface area contributed by atoms with Crippen molar-refractivity contribution in [3.63, 3.8) is 0 Å². The predicted molar refractivity (Wildman–Crippen MR) is 244 cm³/mol. The van der Waals surface area contributed by atoms with Crippen molar-refractivity contribution < 1.29 is 38.1 Å². The van der Waals surface area contributed by atoms with Gasteiger partial charge in [-0.3, -0.25) is 24.2 Å². The molecule has 0 amide bonds. The molecule has 9 heteroatoms. The molecule has 6 aromatic rings. The Labute approximate surface area is 369 Å². The van der Waals surface area contributed by atoms with Crippen LogP contribution in [0.1, 0.15) is 94.7 Å². The summed E-state index contributed by atoms with van der Waals surface area (Å²) in [6, 6.07) is 32.9. The van der Waals surface area contributed by atoms with E-state index in [0.29, 0.717) is 85.1 Å². The molecule has 2 aliphatic carbocycles. The Morgan fingerprint density at radius 1 is 0.508 bits per heavy atom. The number of hydrogen-bond donors (Lipinski definition) is 0. The summed E-state index contributed by atoms with van der Waals surface area (Å²) in [5.74, 6) is -0.938. The van der Waals surface area contributed by atoms with Crippen molar-refractivity contribution in [3.8, 4) is 34.3 Å². The van der Waals surface area contributed by atoms with Crippen molar-refractivity contribution in [2.45, 2.75) is 97.8 Å². The minimum atomic E-state index is -0.395. The first kappa shape index (κ1) is 43.3. The van der Waals surface area contributed by atoms with Gasteiger partial charge in [-0.2, -0.15) is 0 Å². The van der Waals surface area contributed by atoms with Crippen molar-refractivity contribution in [1.29, 1.82) is 0 Å². The molecule has 1 aromatic heterocycles. The Morgan fingerprint density at radius 3 is 1.46 bits per heavy atom. The summed E-state index contributed by atoms with van der Waals surface area (Å²) in [7, 11) is 0. The van der Waals surface area contributed by atoms with E-state index in [-0.39, 0.29) is 35.7 Å². The lowest BCUT2D eigenvalue weighted by Gasteiger charge is -2.26. The number of esters is 4. The monoisotopic (exact) mass is 845 g/mol. The van der Waals surface area contributed by atoms with Gasteiger partial charge in [-0.15, -0.1) is 0 Å². The van der Waals surface area contributed by atoms with Crippen molar-refractivity contribution in [3.05, 3.63) is 126 Å². The van der Waals surface area contributed by atoms with Crippen LogP contribution < -0.4 is 18.9 Å². The summed E-state index contributed by atoms with van der Waals surface area (Å²) >= 11 is 0. The highest BCUT2D eigenvalue weighted by molar-refractivity contribution is 6.03. The first-order valence-corrected chi connectivity index (χ1v) is 22.6. The van der Waals surface area contributed by atoms with Gasteiger partial charge in [0, 0.05) is 22.5 Å². The van der Waals surface area contributed by atoms with E-state index >= 15 is 0 Å². The molecule has 1 heterocycles. The topological polar surface area (TPSA) is 118 Å². The Morgan fingerprint density at radius 2 is 0.952 bits per heavy atom. The standard InChI is InChI=1S/C54H55NO8/c1-4-9-35-15-27-42(28-16-35)60-51(56)38-19-23-40(24-20-38)53(58)62-47-31-32-48(49-34(3)50(55-33-46(47)49)45-14-8-12-37-11-6-7-13-44(37)45)63-54(59)41-25-21-39(22-26-41)52(57)61-43-29-17-36(10-5-2)18-30-43/h6-8,11-18,27-33,38-41H,4-5,9-10,19-26H2,1-3H3/t38-,39-,40-,41-. The fourth-order valence-electron chi connectivity index (χ4n) is 9.25. The van der Waals surface area contributed by atoms with Crippen LogP contribution in [-0.4, -0.2) is 28.9 Å². The quantitative estimate of drug-likeness (QED) is 0.0827. The Kier molecular flexibility index (Phi) is 13.6. The zero-order valence-electron chi connectivity index (χ0n) is 36.4. The normalized spacial score (nSPS) is 18.7. The molecule has 0 N–H and O–H groups in total. The average molecular weight is 846 g/mol. The molecule has 2 aliphatic rings. The Hall–Kier alpha value is -6.35. The van der Waals surface area contributed by atoms with E-state index in [1.54, 1.807) is 18.3 Å². The molecule has 63 heavy (non-hydrogen) atoms. The first-order chi connectivity index (χ1) is 30.7. The van der Waals surface area contributed by atoms with E-state index < -0.39 is 11.8 Å². The van der Waals surface area contributed by atoms with Gasteiger partial charge in [0.25, 0.3) is 0 Å². The molecule has 2 saturated carbocycles. The third-order valence-electron chi connectivity index (χ3n) is 12.8. The molecular weight excluding hydrogens is 791 g/mol. The maximum atomic E-state index is 13.9. The van der Waals surface area contributed by atoms with Gasteiger partial charge in [0.1, 0.15) is 23.0 Å². The number of carbonyl (C=O) groups excluding carboxylic acids is 4. The third-order valence-corrected chi connectivity index (χ3v) is 12.8. The van der Waals surface area contributed by atoms with E-state index in [1.807, 2.05) is 79.7 Å². The highest BCUT2D eigenvalue weighted by Gasteiger charge is 2.34. The highest BCUT2D eigenvalue weighted by atomic mass is 16.5. The van der Waals surface area contributed by atoms with Gasteiger partial charge in [0.15, 0.2) is 0 Å². The zero-order chi connectivity index (χ0) is 43.9. The van der Waals surface area contributed by atoms with Crippen molar-refractivity contribution >= 4 is 45.4 Å². The van der Waals surface area contributed by atoms with Crippen LogP contribution in [0.15, 0.2) is 109 Å². The Bertz CT molecular complexity index is 2600. The smallest absolute Gasteiger partial charge is 0.314 e. The van der Waals surface area contributed by atoms with Gasteiger partial charge in [-0.05, 0) is 135 Å². The summed E-state index contributed by atoms with van der Waals surface area (Å²) in [5.41, 5.74) is 4.84. The molecule has 2 fully saturated rings. The first-order valence-electron chi connectivity index (χ1n) is 22.6. The number of benzene rings is 5. The summed E-state index contributed by atoms with van der Waals surface area (Å²) in [6.07, 6.45) is 9.80. The number of fused-ring (bicyclic) bond motifs is 2. The summed E-state index contributed by atoms with van der Waals surface area (Å²) in [4.78, 5) is 58.8. The molecule has 9 nitrogen and oxygen atoms in total. The molecule has 0 atom stereocenters. The highest BCUT2D eigenvalue weighted by Crippen LogP contribution is 2.42. The SMILES string of the molecule is CCCc1ccc(OC(=O)[C@H]2CC[C@H](C(=O)Oc3ccc(OC(=O)[C@H]4CC[C@H](C(=O)Oc5ccc(CCC)cc5)CC4)c4c(C)c(-c5cccc6ccccc56)ncc34)CC2)cc1. The van der Waals surface area contributed by atoms with Crippen molar-refractivity contribution in [1.82, 2.24) is 4.98 Å². The van der Waals surface area contributed by atoms with Crippen LogP contribution in [0.25, 0.3) is 32.8 Å². The molecule has 0 spiro atoms. The molecule has 0 aliphatic heterocycles. The van der Waals surface area contributed by atoms with E-state index in [4.69, 9.17) is 23.9 Å². The number of carbonyl (C=O) groups is 4. The second-order valence-corrected chi connectivity index (χ2v) is 17.2. The Balaban J connectivity index is 0.973. The number of nitrogens with zero attached hydrogens (tertiary/aromatic N) is 1. The number of hydrogen-bond acceptors (Lipinski definition) is 9. The van der Waals surface area contributed by atoms with Gasteiger partial charge < -0.3 is 18.9 Å². The number of pyridine rings is 1. The average Bonchev–Trinajstić information content (AvgIpc) is 3.31. The number of rotatable bonds is 13. The molecule has 0 radical (unpaired) electrons. The molecule has 0 unspecified atom stereocenters. The summed E-state index contributed by atoms with van der Waals surface area (Å²) < 4.78 is 23.8. The molecule has 0 bridgehead atoms. The van der Waals surface area contributed by atoms with E-state index in [1.165, 1.54) is 11.1 Å². The second-order valence-electron chi connectivity index (χ2n) is 17.2. The number of aromatic nitrogens is 1. The zero-order valence-corrected chi connectivity index (χ0v) is 36.4. The fourth-order valence-corrected chi connectivity index (χ4v) is 9.25. The fraction of sp³-hybridized carbons (Fsp3) is 0.352. The van der Waals surface area contributed by atoms with Crippen LogP contribution in [-0.2, 0) is 32.0 Å². The van der Waals surface area contributed by atoms with Gasteiger partial charge in [0.2, 0.25) is 0 Å². The minimum absolute atomic E-state index is 0.273. The lowest BCUT2D eigenvalue weighted by molar-refractivity contribution is -0.145. The van der Waals surface area contributed by atoms with E-state index in [2.05, 4.69) is 32.0 Å². The number of ether oxygens (including phenoxy) is 4. The summed E-state index contributed by atoms with van der Waals surface area (Å²) in [6.45, 7) is 6.21. The maximum absolute atomic E-state index is 13.9. The second kappa shape index (κ2) is 19.8. The van der Waals surface area contributed by atoms with Crippen LogP contribution in [0.2, 0.25) is 0 Å². The largest absolute Gasteiger partial charge is 0.426 e. The van der Waals surface area contributed by atoms with E-state index in [9.17, 15) is 19.2 Å². The van der Waals surface area contributed by atoms with Crippen LogP contribution in [0, 0.1) is 30.6 Å². The van der Waals surface area contributed by atoms with Crippen LogP contribution in [0.3, 0.4) is 0 Å². The van der Waals surface area contributed by atoms with Gasteiger partial charge >= 0.3 is 23.9 Å². The molecule has 0 saturated heterocycles. The summed E-state index contributed by atoms with van der Waals surface area (Å²) in [5, 5.41) is 3.28. The maximum Gasteiger partial charge on any atom is 0.314 e. The van der Waals surface area contributed by atoms with Crippen LogP contribution >= 0.6 is 0 Å². The molecular formula is C54H55NO8. The minimum Gasteiger partial charge on any atom is -0.426 e. The van der Waals surface area contributed by atoms with Gasteiger partial charge in [-0.1, -0.05) is 93.4 Å². The number of aryl methyl sites for hydroxylation is 3. The lowest BCUT2D eigenvalue weighted by Crippen LogP contribution is -2.30. The van der Waals surface area contributed by atoms with Crippen LogP contribution in [0.5, 0.6) is 23.0 Å². The van der Waals surface area contributed by atoms with Crippen molar-refractivity contribution in [2.24, 2.45) is 23.7 Å². The lowest BCUT2D eigenvalue weighted by atomic mass is 9.82. The van der Waals surface area contributed by atoms with E-state index in [0.717, 1.165) is 53.3 Å². The molecule has 8 rings (SSSR count). The third kappa shape index (κ3) is 9.99.